The van der Waals surface area contributed by atoms with Gasteiger partial charge < -0.3 is 10.1 Å². The van der Waals surface area contributed by atoms with Gasteiger partial charge >= 0.3 is 0 Å². The summed E-state index contributed by atoms with van der Waals surface area (Å²) < 4.78 is 5.23. The molecule has 1 aromatic rings. The predicted octanol–water partition coefficient (Wildman–Crippen LogP) is 2.64. The van der Waals surface area contributed by atoms with Gasteiger partial charge in [-0.25, -0.2) is 0 Å². The molecule has 3 heteroatoms. The minimum atomic E-state index is -0.332. The first-order valence-electron chi connectivity index (χ1n) is 6.34. The molecule has 0 spiro atoms. The largest absolute Gasteiger partial charge is 0.497 e. The van der Waals surface area contributed by atoms with Crippen LogP contribution in [0, 0.1) is 0 Å². The van der Waals surface area contributed by atoms with Crippen molar-refractivity contribution in [2.24, 2.45) is 0 Å². The molecule has 0 saturated heterocycles. The summed E-state index contributed by atoms with van der Waals surface area (Å²) in [5.74, 6) is 0.936. The average molecular weight is 247 g/mol. The van der Waals surface area contributed by atoms with Crippen molar-refractivity contribution in [2.75, 3.05) is 7.11 Å². The number of nitrogens with one attached hydrogen (secondary N) is 1. The smallest absolute Gasteiger partial charge is 0.231 e. The van der Waals surface area contributed by atoms with E-state index in [0.717, 1.165) is 24.2 Å². The summed E-state index contributed by atoms with van der Waals surface area (Å²) in [5.41, 5.74) is 0.538. The summed E-state index contributed by atoms with van der Waals surface area (Å²) in [7, 11) is 1.65. The lowest BCUT2D eigenvalue weighted by Crippen LogP contribution is -2.46. The second-order valence-corrected chi connectivity index (χ2v) is 6.02. The number of benzene rings is 1. The zero-order valence-electron chi connectivity index (χ0n) is 11.5. The number of carbonyl (C=O) groups excluding carboxylic acids is 1. The van der Waals surface area contributed by atoms with Gasteiger partial charge in [0.2, 0.25) is 5.91 Å². The fraction of sp³-hybridized carbons (Fsp3) is 0.533. The Hall–Kier alpha value is -1.51. The lowest BCUT2D eigenvalue weighted by Gasteiger charge is -2.25. The van der Waals surface area contributed by atoms with Crippen molar-refractivity contribution in [2.45, 2.75) is 44.6 Å². The highest BCUT2D eigenvalue weighted by atomic mass is 16.5. The van der Waals surface area contributed by atoms with Crippen LogP contribution in [0.5, 0.6) is 5.75 Å². The lowest BCUT2D eigenvalue weighted by atomic mass is 9.93. The Kier molecular flexibility index (Phi) is 3.09. The molecule has 0 radical (unpaired) electrons. The van der Waals surface area contributed by atoms with E-state index < -0.39 is 0 Å². The molecule has 0 aliphatic heterocycles. The molecule has 1 aliphatic carbocycles. The molecule has 2 rings (SSSR count). The fourth-order valence-corrected chi connectivity index (χ4v) is 2.15. The molecular weight excluding hydrogens is 226 g/mol. The van der Waals surface area contributed by atoms with Crippen molar-refractivity contribution in [1.82, 2.24) is 5.32 Å². The highest BCUT2D eigenvalue weighted by Crippen LogP contribution is 2.49. The van der Waals surface area contributed by atoms with Crippen LogP contribution in [0.3, 0.4) is 0 Å². The van der Waals surface area contributed by atoms with Crippen molar-refractivity contribution in [3.63, 3.8) is 0 Å². The minimum Gasteiger partial charge on any atom is -0.497 e. The van der Waals surface area contributed by atoms with Crippen molar-refractivity contribution in [3.8, 4) is 5.75 Å². The molecule has 0 heterocycles. The molecule has 98 valence electrons. The van der Waals surface area contributed by atoms with E-state index in [-0.39, 0.29) is 16.9 Å². The molecule has 1 aromatic carbocycles. The molecule has 3 nitrogen and oxygen atoms in total. The number of hydrogen-bond acceptors (Lipinski definition) is 2. The Bertz CT molecular complexity index is 456. The maximum Gasteiger partial charge on any atom is 0.231 e. The first-order chi connectivity index (χ1) is 8.37. The van der Waals surface area contributed by atoms with E-state index in [9.17, 15) is 4.79 Å². The molecule has 0 unspecified atom stereocenters. The van der Waals surface area contributed by atoms with E-state index in [2.05, 4.69) is 5.32 Å². The van der Waals surface area contributed by atoms with Crippen molar-refractivity contribution >= 4 is 5.91 Å². The van der Waals surface area contributed by atoms with E-state index in [4.69, 9.17) is 4.74 Å². The molecule has 1 N–H and O–H groups in total. The Balaban J connectivity index is 2.23. The third kappa shape index (κ3) is 2.50. The van der Waals surface area contributed by atoms with Gasteiger partial charge in [-0.2, -0.15) is 0 Å². The van der Waals surface area contributed by atoms with Crippen LogP contribution >= 0.6 is 0 Å². The van der Waals surface area contributed by atoms with Gasteiger partial charge in [-0.05, 0) is 51.3 Å². The third-order valence-electron chi connectivity index (χ3n) is 3.30. The zero-order chi connectivity index (χ0) is 13.4. The van der Waals surface area contributed by atoms with Crippen LogP contribution in [-0.4, -0.2) is 18.6 Å². The zero-order valence-corrected chi connectivity index (χ0v) is 11.5. The van der Waals surface area contributed by atoms with E-state index >= 15 is 0 Å². The maximum atomic E-state index is 12.4. The average Bonchev–Trinajstić information content (AvgIpc) is 3.08. The summed E-state index contributed by atoms with van der Waals surface area (Å²) in [6.07, 6.45) is 1.84. The van der Waals surface area contributed by atoms with Gasteiger partial charge in [-0.3, -0.25) is 4.79 Å². The summed E-state index contributed by atoms with van der Waals surface area (Å²) in [4.78, 5) is 12.4. The van der Waals surface area contributed by atoms with Gasteiger partial charge in [-0.15, -0.1) is 0 Å². The van der Waals surface area contributed by atoms with Crippen LogP contribution in [0.1, 0.15) is 39.2 Å². The fourth-order valence-electron chi connectivity index (χ4n) is 2.15. The third-order valence-corrected chi connectivity index (χ3v) is 3.30. The molecule has 0 bridgehead atoms. The van der Waals surface area contributed by atoms with Gasteiger partial charge in [0.1, 0.15) is 5.75 Å². The Morgan fingerprint density at radius 1 is 1.33 bits per heavy atom. The number of amides is 1. The van der Waals surface area contributed by atoms with Crippen molar-refractivity contribution < 1.29 is 9.53 Å². The second kappa shape index (κ2) is 4.30. The van der Waals surface area contributed by atoms with Crippen LogP contribution in [0.4, 0.5) is 0 Å². The second-order valence-electron chi connectivity index (χ2n) is 6.02. The quantitative estimate of drug-likeness (QED) is 0.891. The van der Waals surface area contributed by atoms with Crippen LogP contribution in [0.25, 0.3) is 0 Å². The van der Waals surface area contributed by atoms with Gasteiger partial charge in [-0.1, -0.05) is 12.1 Å². The first kappa shape index (κ1) is 12.9. The Morgan fingerprint density at radius 2 is 2.00 bits per heavy atom. The molecule has 0 atom stereocenters. The highest BCUT2D eigenvalue weighted by molar-refractivity contribution is 5.91. The lowest BCUT2D eigenvalue weighted by molar-refractivity contribution is -0.125. The molecular formula is C15H21NO2. The summed E-state index contributed by atoms with van der Waals surface area (Å²) in [6, 6.07) is 7.83. The molecule has 18 heavy (non-hydrogen) atoms. The first-order valence-corrected chi connectivity index (χ1v) is 6.34. The van der Waals surface area contributed by atoms with Crippen LogP contribution in [-0.2, 0) is 10.2 Å². The normalized spacial score (nSPS) is 17.1. The number of carbonyl (C=O) groups is 1. The van der Waals surface area contributed by atoms with E-state index in [1.807, 2.05) is 45.0 Å². The summed E-state index contributed by atoms with van der Waals surface area (Å²) >= 11 is 0. The Morgan fingerprint density at radius 3 is 2.50 bits per heavy atom. The van der Waals surface area contributed by atoms with Crippen molar-refractivity contribution in [1.29, 1.82) is 0 Å². The van der Waals surface area contributed by atoms with Gasteiger partial charge in [0, 0.05) is 5.54 Å². The van der Waals surface area contributed by atoms with Gasteiger partial charge in [0.05, 0.1) is 12.5 Å². The minimum absolute atomic E-state index is 0.128. The monoisotopic (exact) mass is 247 g/mol. The van der Waals surface area contributed by atoms with Crippen molar-refractivity contribution in [3.05, 3.63) is 29.8 Å². The number of methoxy groups -OCH3 is 1. The van der Waals surface area contributed by atoms with Crippen LogP contribution in [0.15, 0.2) is 24.3 Å². The topological polar surface area (TPSA) is 38.3 Å². The summed E-state index contributed by atoms with van der Waals surface area (Å²) in [6.45, 7) is 6.02. The van der Waals surface area contributed by atoms with E-state index in [1.165, 1.54) is 0 Å². The number of rotatable bonds is 3. The standard InChI is InChI=1S/C15H21NO2/c1-14(2,3)16-13(17)15(8-9-15)11-6-5-7-12(10-11)18-4/h5-7,10H,8-9H2,1-4H3,(H,16,17). The molecule has 1 amide bonds. The number of hydrogen-bond donors (Lipinski definition) is 1. The maximum absolute atomic E-state index is 12.4. The van der Waals surface area contributed by atoms with E-state index in [0.29, 0.717) is 0 Å². The summed E-state index contributed by atoms with van der Waals surface area (Å²) in [5, 5.41) is 3.08. The molecule has 0 aromatic heterocycles. The van der Waals surface area contributed by atoms with Crippen LogP contribution in [0.2, 0.25) is 0 Å². The van der Waals surface area contributed by atoms with Gasteiger partial charge in [0.25, 0.3) is 0 Å². The Labute approximate surface area is 109 Å². The SMILES string of the molecule is COc1cccc(C2(C(=O)NC(C)(C)C)CC2)c1. The van der Waals surface area contributed by atoms with Crippen LogP contribution < -0.4 is 10.1 Å². The van der Waals surface area contributed by atoms with Gasteiger partial charge in [0.15, 0.2) is 0 Å². The molecule has 1 fully saturated rings. The molecule has 1 saturated carbocycles. The highest BCUT2D eigenvalue weighted by Gasteiger charge is 2.51. The predicted molar refractivity (Wildman–Crippen MR) is 71.8 cm³/mol. The molecule has 1 aliphatic rings. The van der Waals surface area contributed by atoms with E-state index in [1.54, 1.807) is 7.11 Å². The number of ether oxygens (including phenoxy) is 1.